The van der Waals surface area contributed by atoms with E-state index in [4.69, 9.17) is 0 Å². The Morgan fingerprint density at radius 1 is 1.33 bits per heavy atom. The minimum Gasteiger partial charge on any atom is -0.332 e. The number of rotatable bonds is 3. The monoisotopic (exact) mass is 321 g/mol. The Bertz CT molecular complexity index is 703. The van der Waals surface area contributed by atoms with Crippen molar-refractivity contribution in [1.29, 1.82) is 5.26 Å². The predicted octanol–water partition coefficient (Wildman–Crippen LogP) is 3.35. The van der Waals surface area contributed by atoms with Gasteiger partial charge in [-0.3, -0.25) is 9.98 Å². The predicted molar refractivity (Wildman–Crippen MR) is 95.7 cm³/mol. The van der Waals surface area contributed by atoms with Crippen molar-refractivity contribution >= 4 is 11.5 Å². The first-order valence-corrected chi connectivity index (χ1v) is 8.59. The van der Waals surface area contributed by atoms with Crippen LogP contribution in [0.1, 0.15) is 44.7 Å². The molecule has 5 heteroatoms. The number of nitrogens with one attached hydrogen (secondary N) is 2. The van der Waals surface area contributed by atoms with Gasteiger partial charge in [-0.25, -0.2) is 0 Å². The summed E-state index contributed by atoms with van der Waals surface area (Å²) >= 11 is 0. The molecule has 1 saturated carbocycles. The molecule has 1 aliphatic carbocycles. The van der Waals surface area contributed by atoms with Crippen molar-refractivity contribution in [2.45, 2.75) is 39.0 Å². The number of nitrogens with zero attached hydrogens (tertiary/aromatic N) is 3. The lowest BCUT2D eigenvalue weighted by Gasteiger charge is -2.23. The van der Waals surface area contributed by atoms with E-state index in [1.807, 2.05) is 31.3 Å². The fourth-order valence-corrected chi connectivity index (χ4v) is 3.19. The van der Waals surface area contributed by atoms with Crippen LogP contribution < -0.4 is 10.6 Å². The van der Waals surface area contributed by atoms with Crippen LogP contribution in [0.3, 0.4) is 0 Å². The summed E-state index contributed by atoms with van der Waals surface area (Å²) in [5, 5.41) is 16.1. The van der Waals surface area contributed by atoms with Gasteiger partial charge in [-0.05, 0) is 43.4 Å². The Morgan fingerprint density at radius 2 is 2.17 bits per heavy atom. The van der Waals surface area contributed by atoms with Crippen LogP contribution in [-0.2, 0) is 0 Å². The summed E-state index contributed by atoms with van der Waals surface area (Å²) in [5.41, 5.74) is 2.95. The normalized spacial score (nSPS) is 22.2. The zero-order chi connectivity index (χ0) is 16.8. The van der Waals surface area contributed by atoms with Crippen LogP contribution in [-0.4, -0.2) is 17.5 Å². The molecule has 5 nitrogen and oxygen atoms in total. The van der Waals surface area contributed by atoms with Gasteiger partial charge in [0.05, 0.1) is 11.4 Å². The van der Waals surface area contributed by atoms with Crippen molar-refractivity contribution in [3.8, 4) is 6.07 Å². The summed E-state index contributed by atoms with van der Waals surface area (Å²) < 4.78 is 0. The average Bonchev–Trinajstić information content (AvgIpc) is 2.64. The van der Waals surface area contributed by atoms with Gasteiger partial charge in [0.1, 0.15) is 11.6 Å². The van der Waals surface area contributed by atoms with Gasteiger partial charge in [0.15, 0.2) is 5.96 Å². The maximum absolute atomic E-state index is 9.59. The Hall–Kier alpha value is -2.61. The number of aromatic nitrogens is 1. The van der Waals surface area contributed by atoms with Gasteiger partial charge in [-0.1, -0.05) is 25.3 Å². The van der Waals surface area contributed by atoms with Crippen LogP contribution in [0.15, 0.2) is 46.9 Å². The molecule has 1 aliphatic heterocycles. The molecule has 1 aromatic heterocycles. The maximum Gasteiger partial charge on any atom is 0.199 e. The molecule has 2 aliphatic rings. The molecule has 3 rings (SSSR count). The zero-order valence-electron chi connectivity index (χ0n) is 14.0. The molecule has 0 atom stereocenters. The van der Waals surface area contributed by atoms with Crippen molar-refractivity contribution in [2.75, 3.05) is 6.54 Å². The molecule has 124 valence electrons. The molecule has 0 bridgehead atoms. The van der Waals surface area contributed by atoms with Gasteiger partial charge in [-0.2, -0.15) is 5.26 Å². The van der Waals surface area contributed by atoms with Crippen LogP contribution in [0, 0.1) is 17.2 Å². The van der Waals surface area contributed by atoms with Crippen molar-refractivity contribution in [3.63, 3.8) is 0 Å². The van der Waals surface area contributed by atoms with E-state index >= 15 is 0 Å². The Kier molecular flexibility index (Phi) is 5.27. The van der Waals surface area contributed by atoms with E-state index in [0.29, 0.717) is 23.1 Å². The van der Waals surface area contributed by atoms with E-state index in [1.165, 1.54) is 32.1 Å². The molecule has 2 N–H and O–H groups in total. The first-order valence-electron chi connectivity index (χ1n) is 8.59. The topological polar surface area (TPSA) is 73.1 Å². The fraction of sp³-hybridized carbons (Fsp3) is 0.421. The molecule has 2 heterocycles. The summed E-state index contributed by atoms with van der Waals surface area (Å²) in [7, 11) is 0. The summed E-state index contributed by atoms with van der Waals surface area (Å²) in [6.07, 6.45) is 10.1. The second-order valence-electron chi connectivity index (χ2n) is 6.37. The van der Waals surface area contributed by atoms with Crippen LogP contribution in [0.5, 0.6) is 0 Å². The van der Waals surface area contributed by atoms with Gasteiger partial charge in [0.25, 0.3) is 0 Å². The van der Waals surface area contributed by atoms with Crippen LogP contribution >= 0.6 is 0 Å². The summed E-state index contributed by atoms with van der Waals surface area (Å²) in [6.45, 7) is 2.80. The zero-order valence-corrected chi connectivity index (χ0v) is 14.0. The number of aliphatic imine (C=N–C) groups is 1. The molecule has 0 saturated heterocycles. The van der Waals surface area contributed by atoms with Gasteiger partial charge >= 0.3 is 0 Å². The van der Waals surface area contributed by atoms with Gasteiger partial charge in [0.2, 0.25) is 0 Å². The standard InChI is InChI=1S/C19H23N5/c1-14-12-22-19(23-13-15-7-3-2-4-8-15)24-18(14)16(11-20)17-9-5-6-10-21-17/h5-6,9-10,12,15H,2-4,7-8,13H2,1H3,(H2,22,23,24)/b18-16+. The highest BCUT2D eigenvalue weighted by molar-refractivity contribution is 5.90. The van der Waals surface area contributed by atoms with Crippen molar-refractivity contribution in [1.82, 2.24) is 15.6 Å². The largest absolute Gasteiger partial charge is 0.332 e. The Labute approximate surface area is 143 Å². The number of guanidine groups is 1. The average molecular weight is 321 g/mol. The minimum absolute atomic E-state index is 0.538. The molecule has 0 unspecified atom stereocenters. The third-order valence-corrected chi connectivity index (χ3v) is 4.58. The summed E-state index contributed by atoms with van der Waals surface area (Å²) in [5.74, 6) is 1.39. The maximum atomic E-state index is 9.59. The van der Waals surface area contributed by atoms with E-state index in [0.717, 1.165) is 17.8 Å². The number of hydrogen-bond donors (Lipinski definition) is 2. The van der Waals surface area contributed by atoms with E-state index in [-0.39, 0.29) is 0 Å². The van der Waals surface area contributed by atoms with E-state index < -0.39 is 0 Å². The number of pyridine rings is 1. The molecule has 0 aromatic carbocycles. The first-order chi connectivity index (χ1) is 11.8. The summed E-state index contributed by atoms with van der Waals surface area (Å²) in [4.78, 5) is 8.98. The molecule has 1 fully saturated rings. The lowest BCUT2D eigenvalue weighted by molar-refractivity contribution is 0.366. The van der Waals surface area contributed by atoms with Gasteiger partial charge < -0.3 is 10.6 Å². The SMILES string of the molecule is CC1=CNC(=NCC2CCCCC2)N/C1=C(\C#N)c1ccccn1. The fourth-order valence-electron chi connectivity index (χ4n) is 3.19. The Morgan fingerprint density at radius 3 is 2.88 bits per heavy atom. The molecule has 1 aromatic rings. The van der Waals surface area contributed by atoms with Gasteiger partial charge in [-0.15, -0.1) is 0 Å². The van der Waals surface area contributed by atoms with E-state index in [9.17, 15) is 5.26 Å². The quantitative estimate of drug-likeness (QED) is 0.837. The molecular weight excluding hydrogens is 298 g/mol. The highest BCUT2D eigenvalue weighted by atomic mass is 15.2. The highest BCUT2D eigenvalue weighted by Crippen LogP contribution is 2.24. The van der Waals surface area contributed by atoms with Crippen molar-refractivity contribution in [3.05, 3.63) is 47.6 Å². The second kappa shape index (κ2) is 7.78. The Balaban J connectivity index is 1.81. The molecule has 24 heavy (non-hydrogen) atoms. The van der Waals surface area contributed by atoms with Crippen LogP contribution in [0.2, 0.25) is 0 Å². The third-order valence-electron chi connectivity index (χ3n) is 4.58. The van der Waals surface area contributed by atoms with Gasteiger partial charge in [0, 0.05) is 18.9 Å². The van der Waals surface area contributed by atoms with Crippen LogP contribution in [0.25, 0.3) is 5.57 Å². The molecule has 0 radical (unpaired) electrons. The number of hydrogen-bond acceptors (Lipinski definition) is 3. The summed E-state index contributed by atoms with van der Waals surface area (Å²) in [6, 6.07) is 7.86. The van der Waals surface area contributed by atoms with Crippen LogP contribution in [0.4, 0.5) is 0 Å². The molecule has 0 spiro atoms. The third kappa shape index (κ3) is 3.83. The highest BCUT2D eigenvalue weighted by Gasteiger charge is 2.18. The van der Waals surface area contributed by atoms with E-state index in [2.05, 4.69) is 26.7 Å². The lowest BCUT2D eigenvalue weighted by atomic mass is 9.89. The molecular formula is C19H23N5. The van der Waals surface area contributed by atoms with Crippen molar-refractivity contribution < 1.29 is 0 Å². The smallest absolute Gasteiger partial charge is 0.199 e. The first kappa shape index (κ1) is 16.3. The number of nitriles is 1. The molecule has 0 amide bonds. The second-order valence-corrected chi connectivity index (χ2v) is 6.37. The van der Waals surface area contributed by atoms with Crippen molar-refractivity contribution in [2.24, 2.45) is 10.9 Å². The lowest BCUT2D eigenvalue weighted by Crippen LogP contribution is -2.39. The van der Waals surface area contributed by atoms with E-state index in [1.54, 1.807) is 6.20 Å². The number of allylic oxidation sites excluding steroid dienone is 2. The minimum atomic E-state index is 0.538.